The van der Waals surface area contributed by atoms with Gasteiger partial charge in [-0.2, -0.15) is 0 Å². The van der Waals surface area contributed by atoms with E-state index in [0.29, 0.717) is 25.3 Å². The minimum absolute atomic E-state index is 0.322. The summed E-state index contributed by atoms with van der Waals surface area (Å²) in [5, 5.41) is 7.01. The van der Waals surface area contributed by atoms with E-state index in [2.05, 4.69) is 53.3 Å². The van der Waals surface area contributed by atoms with Crippen molar-refractivity contribution in [1.29, 1.82) is 0 Å². The fraction of sp³-hybridized carbons (Fsp3) is 0.625. The molecule has 2 heterocycles. The van der Waals surface area contributed by atoms with Gasteiger partial charge in [0.05, 0.1) is 19.3 Å². The molecule has 0 radical (unpaired) electrons. The number of aliphatic imine (C=N–C) groups is 1. The Hall–Kier alpha value is -1.89. The van der Waals surface area contributed by atoms with Crippen LogP contribution in [0.2, 0.25) is 0 Å². The smallest absolute Gasteiger partial charge is 0.191 e. The summed E-state index contributed by atoms with van der Waals surface area (Å²) in [6, 6.07) is 9.05. The van der Waals surface area contributed by atoms with Gasteiger partial charge >= 0.3 is 0 Å². The fourth-order valence-corrected chi connectivity index (χ4v) is 4.00. The van der Waals surface area contributed by atoms with Crippen LogP contribution in [-0.4, -0.2) is 62.4 Å². The number of piperidine rings is 1. The number of hydrogen-bond acceptors (Lipinski definition) is 4. The van der Waals surface area contributed by atoms with Crippen molar-refractivity contribution >= 4 is 5.96 Å². The average Bonchev–Trinajstić information content (AvgIpc) is 2.79. The van der Waals surface area contributed by atoms with E-state index in [4.69, 9.17) is 14.5 Å². The van der Waals surface area contributed by atoms with Crippen LogP contribution in [-0.2, 0) is 22.6 Å². The maximum absolute atomic E-state index is 6.06. The molecule has 0 saturated carbocycles. The quantitative estimate of drug-likeness (QED) is 0.369. The van der Waals surface area contributed by atoms with Gasteiger partial charge < -0.3 is 20.1 Å². The first-order valence-corrected chi connectivity index (χ1v) is 11.4. The summed E-state index contributed by atoms with van der Waals surface area (Å²) in [5.74, 6) is 0.906. The minimum atomic E-state index is 0.322. The van der Waals surface area contributed by atoms with Crippen LogP contribution in [0.1, 0.15) is 43.7 Å². The van der Waals surface area contributed by atoms with Crippen LogP contribution < -0.4 is 10.6 Å². The van der Waals surface area contributed by atoms with Crippen LogP contribution in [0.15, 0.2) is 41.9 Å². The zero-order chi connectivity index (χ0) is 21.0. The van der Waals surface area contributed by atoms with Gasteiger partial charge in [-0.15, -0.1) is 6.58 Å². The number of nitrogens with one attached hydrogen (secondary N) is 2. The molecule has 3 rings (SSSR count). The van der Waals surface area contributed by atoms with Crippen LogP contribution in [0.3, 0.4) is 0 Å². The minimum Gasteiger partial charge on any atom is -0.381 e. The molecule has 2 fully saturated rings. The normalized spacial score (nSPS) is 19.6. The molecule has 0 atom stereocenters. The summed E-state index contributed by atoms with van der Waals surface area (Å²) in [5.41, 5.74) is 2.42. The summed E-state index contributed by atoms with van der Waals surface area (Å²) in [6.45, 7) is 13.0. The maximum atomic E-state index is 6.06. The molecule has 30 heavy (non-hydrogen) atoms. The van der Waals surface area contributed by atoms with Crippen molar-refractivity contribution in [3.05, 3.63) is 48.0 Å². The average molecular weight is 415 g/mol. The van der Waals surface area contributed by atoms with Gasteiger partial charge in [0.2, 0.25) is 0 Å². The number of hydrogen-bond donors (Lipinski definition) is 2. The Morgan fingerprint density at radius 3 is 2.73 bits per heavy atom. The lowest BCUT2D eigenvalue weighted by molar-refractivity contribution is -0.0390. The molecule has 2 aliphatic rings. The Morgan fingerprint density at radius 2 is 2.00 bits per heavy atom. The molecular formula is C24H38N4O2. The maximum Gasteiger partial charge on any atom is 0.191 e. The van der Waals surface area contributed by atoms with E-state index < -0.39 is 0 Å². The number of guanidine groups is 1. The molecule has 0 aliphatic carbocycles. The molecular weight excluding hydrogens is 376 g/mol. The molecule has 1 aromatic rings. The Morgan fingerprint density at radius 1 is 1.23 bits per heavy atom. The summed E-state index contributed by atoms with van der Waals surface area (Å²) >= 11 is 0. The first-order valence-electron chi connectivity index (χ1n) is 11.4. The third kappa shape index (κ3) is 7.74. The second-order valence-corrected chi connectivity index (χ2v) is 8.15. The third-order valence-electron chi connectivity index (χ3n) is 5.73. The Balaban J connectivity index is 1.49. The van der Waals surface area contributed by atoms with Crippen molar-refractivity contribution < 1.29 is 9.47 Å². The Kier molecular flexibility index (Phi) is 9.67. The zero-order valence-electron chi connectivity index (χ0n) is 18.4. The number of likely N-dealkylation sites (tertiary alicyclic amines) is 1. The van der Waals surface area contributed by atoms with Crippen molar-refractivity contribution in [2.45, 2.75) is 57.9 Å². The van der Waals surface area contributed by atoms with E-state index >= 15 is 0 Å². The molecule has 2 aliphatic heterocycles. The highest BCUT2D eigenvalue weighted by atomic mass is 16.5. The topological polar surface area (TPSA) is 58.1 Å². The lowest BCUT2D eigenvalue weighted by Crippen LogP contribution is -2.48. The van der Waals surface area contributed by atoms with Crippen molar-refractivity contribution in [3.8, 4) is 0 Å². The van der Waals surface area contributed by atoms with Gasteiger partial charge in [-0.3, -0.25) is 4.90 Å². The number of rotatable bonds is 9. The van der Waals surface area contributed by atoms with E-state index in [1.165, 1.54) is 11.1 Å². The summed E-state index contributed by atoms with van der Waals surface area (Å²) in [4.78, 5) is 7.28. The van der Waals surface area contributed by atoms with Crippen molar-refractivity contribution in [3.63, 3.8) is 0 Å². The van der Waals surface area contributed by atoms with E-state index in [9.17, 15) is 0 Å². The van der Waals surface area contributed by atoms with Crippen LogP contribution in [0.5, 0.6) is 0 Å². The van der Waals surface area contributed by atoms with Gasteiger partial charge in [0.15, 0.2) is 5.96 Å². The SMILES string of the molecule is C=CCN1CCC(NC(=NCc2cccc(COC3CCOCC3)c2)NCC)CC1. The van der Waals surface area contributed by atoms with Gasteiger partial charge in [0.25, 0.3) is 0 Å². The standard InChI is InChI=1S/C24H38N4O2/c1-3-12-28-13-8-22(9-14-28)27-24(25-4-2)26-18-20-6-5-7-21(17-20)19-30-23-10-15-29-16-11-23/h3,5-7,17,22-23H,1,4,8-16,18-19H2,2H3,(H2,25,26,27). The highest BCUT2D eigenvalue weighted by Gasteiger charge is 2.19. The molecule has 0 spiro atoms. The predicted molar refractivity (Wildman–Crippen MR) is 123 cm³/mol. The number of ether oxygens (including phenoxy) is 2. The second kappa shape index (κ2) is 12.7. The van der Waals surface area contributed by atoms with E-state index in [1.807, 2.05) is 6.08 Å². The molecule has 0 unspecified atom stereocenters. The van der Waals surface area contributed by atoms with Crippen molar-refractivity contribution in [2.24, 2.45) is 4.99 Å². The summed E-state index contributed by atoms with van der Waals surface area (Å²) in [7, 11) is 0. The molecule has 6 nitrogen and oxygen atoms in total. The molecule has 6 heteroatoms. The zero-order valence-corrected chi connectivity index (χ0v) is 18.4. The lowest BCUT2D eigenvalue weighted by Gasteiger charge is -2.32. The number of nitrogens with zero attached hydrogens (tertiary/aromatic N) is 2. The molecule has 0 amide bonds. The Bertz CT molecular complexity index is 665. The molecule has 0 aromatic heterocycles. The van der Waals surface area contributed by atoms with Crippen molar-refractivity contribution in [1.82, 2.24) is 15.5 Å². The largest absolute Gasteiger partial charge is 0.381 e. The monoisotopic (exact) mass is 414 g/mol. The van der Waals surface area contributed by atoms with Crippen LogP contribution in [0.4, 0.5) is 0 Å². The molecule has 0 bridgehead atoms. The highest BCUT2D eigenvalue weighted by molar-refractivity contribution is 5.80. The first kappa shape index (κ1) is 22.8. The lowest BCUT2D eigenvalue weighted by atomic mass is 10.1. The van der Waals surface area contributed by atoms with Crippen molar-refractivity contribution in [2.75, 3.05) is 39.4 Å². The predicted octanol–water partition coefficient (Wildman–Crippen LogP) is 3.09. The first-order chi connectivity index (χ1) is 14.8. The molecule has 166 valence electrons. The summed E-state index contributed by atoms with van der Waals surface area (Å²) in [6.07, 6.45) is 6.57. The van der Waals surface area contributed by atoms with Crippen LogP contribution in [0.25, 0.3) is 0 Å². The molecule has 2 saturated heterocycles. The van der Waals surface area contributed by atoms with Crippen LogP contribution >= 0.6 is 0 Å². The number of benzene rings is 1. The van der Waals surface area contributed by atoms with Gasteiger partial charge in [0.1, 0.15) is 0 Å². The van der Waals surface area contributed by atoms with E-state index in [0.717, 1.165) is 71.0 Å². The van der Waals surface area contributed by atoms with Gasteiger partial charge in [-0.25, -0.2) is 4.99 Å². The highest BCUT2D eigenvalue weighted by Crippen LogP contribution is 2.15. The van der Waals surface area contributed by atoms with Crippen LogP contribution in [0, 0.1) is 0 Å². The van der Waals surface area contributed by atoms with Gasteiger partial charge in [-0.05, 0) is 43.7 Å². The second-order valence-electron chi connectivity index (χ2n) is 8.15. The summed E-state index contributed by atoms with van der Waals surface area (Å²) < 4.78 is 11.5. The molecule has 1 aromatic carbocycles. The van der Waals surface area contributed by atoms with Gasteiger partial charge in [-0.1, -0.05) is 30.3 Å². The Labute approximate surface area is 181 Å². The third-order valence-corrected chi connectivity index (χ3v) is 5.73. The van der Waals surface area contributed by atoms with Gasteiger partial charge in [0, 0.05) is 45.4 Å². The molecule has 2 N–H and O–H groups in total. The fourth-order valence-electron chi connectivity index (χ4n) is 4.00. The van der Waals surface area contributed by atoms with E-state index in [1.54, 1.807) is 0 Å². The van der Waals surface area contributed by atoms with E-state index in [-0.39, 0.29) is 0 Å².